The molecule has 0 atom stereocenters. The molecular weight excluding hydrogens is 855 g/mol. The summed E-state index contributed by atoms with van der Waals surface area (Å²) in [6.07, 6.45) is 0. The van der Waals surface area contributed by atoms with Gasteiger partial charge in [0.15, 0.2) is 0 Å². The highest BCUT2D eigenvalue weighted by Crippen LogP contribution is 2.43. The van der Waals surface area contributed by atoms with Crippen LogP contribution in [-0.4, -0.2) is 0 Å². The third kappa shape index (κ3) is 9.77. The summed E-state index contributed by atoms with van der Waals surface area (Å²) in [5.74, 6) is 0.0581. The summed E-state index contributed by atoms with van der Waals surface area (Å²) in [5.41, 5.74) is 18.2. The summed E-state index contributed by atoms with van der Waals surface area (Å²) in [4.78, 5) is 0. The molecule has 0 aromatic heterocycles. The Morgan fingerprint density at radius 1 is 0.221 bits per heavy atom. The third-order valence-corrected chi connectivity index (χ3v) is 16.2. The maximum Gasteiger partial charge on any atom is 0.0349 e. The van der Waals surface area contributed by atoms with Crippen LogP contribution in [0.5, 0.6) is 0 Å². The lowest BCUT2D eigenvalue weighted by Crippen LogP contribution is -2.21. The van der Waals surface area contributed by atoms with E-state index in [0.29, 0.717) is 0 Å². The largest absolute Gasteiger partial charge is 0.0622 e. The minimum Gasteiger partial charge on any atom is -0.0622 e. The third-order valence-electron chi connectivity index (χ3n) is 13.2. The Morgan fingerprint density at radius 3 is 0.515 bits per heavy atom. The summed E-state index contributed by atoms with van der Waals surface area (Å²) < 4.78 is 0. The molecule has 0 unspecified atom stereocenters. The van der Waals surface area contributed by atoms with Crippen molar-refractivity contribution in [2.75, 3.05) is 0 Å². The quantitative estimate of drug-likeness (QED) is 0.0753. The first-order chi connectivity index (χ1) is 33.6. The highest BCUT2D eigenvalue weighted by atomic mass is 31.7. The zero-order valence-electron chi connectivity index (χ0n) is 38.6. The van der Waals surface area contributed by atoms with Crippen molar-refractivity contribution in [3.8, 4) is 0 Å². The van der Waals surface area contributed by atoms with Gasteiger partial charge in [0.05, 0.1) is 0 Å². The van der Waals surface area contributed by atoms with Gasteiger partial charge >= 0.3 is 0 Å². The smallest absolute Gasteiger partial charge is 0.0349 e. The number of rotatable bonds is 14. The van der Waals surface area contributed by atoms with Gasteiger partial charge in [-0.05, 0) is 96.3 Å². The number of hydrogen-bond donors (Lipinski definition) is 0. The molecule has 0 saturated carbocycles. The maximum atomic E-state index is 2.49. The van der Waals surface area contributed by atoms with Crippen molar-refractivity contribution < 1.29 is 0 Å². The van der Waals surface area contributed by atoms with Crippen LogP contribution in [0.3, 0.4) is 0 Å². The van der Waals surface area contributed by atoms with E-state index < -0.39 is 0 Å². The Balaban J connectivity index is 1.32. The van der Waals surface area contributed by atoms with E-state index in [2.05, 4.69) is 281 Å². The van der Waals surface area contributed by atoms with Crippen molar-refractivity contribution in [2.24, 2.45) is 0 Å². The van der Waals surface area contributed by atoms with Crippen LogP contribution >= 0.6 is 15.7 Å². The Bertz CT molecular complexity index is 2620. The fraction of sp³-hybridized carbons (Fsp3) is 0.0909. The zero-order chi connectivity index (χ0) is 46.1. The second-order valence-electron chi connectivity index (χ2n) is 17.8. The van der Waals surface area contributed by atoms with E-state index in [4.69, 9.17) is 0 Å². The summed E-state index contributed by atoms with van der Waals surface area (Å²) in [7, 11) is 2.41. The SMILES string of the molecule is Cc1cc(C(c2ccccc2)c2ccccc2)c(P=Pc2c(C(c3ccccc3)c3ccccc3)cc(C)cc2C(c2ccccc2)c2ccccc2)c(C(c2ccccc2)c2ccccc2)c1. The van der Waals surface area contributed by atoms with Crippen molar-refractivity contribution in [2.45, 2.75) is 37.5 Å². The van der Waals surface area contributed by atoms with E-state index in [1.165, 1.54) is 104 Å². The second kappa shape index (κ2) is 21.2. The fourth-order valence-corrected chi connectivity index (χ4v) is 13.7. The summed E-state index contributed by atoms with van der Waals surface area (Å²) in [6.45, 7) is 4.58. The zero-order valence-corrected chi connectivity index (χ0v) is 40.4. The molecule has 68 heavy (non-hydrogen) atoms. The Kier molecular flexibility index (Phi) is 13.9. The highest BCUT2D eigenvalue weighted by Gasteiger charge is 2.29. The molecule has 0 fully saturated rings. The minimum absolute atomic E-state index is 0.0145. The molecule has 0 nitrogen and oxygen atoms in total. The van der Waals surface area contributed by atoms with Gasteiger partial charge in [0.1, 0.15) is 0 Å². The maximum absolute atomic E-state index is 2.49. The standard InChI is InChI=1S/C66H54P2/c1-47-43-57(61(49-27-11-3-12-28-49)50-29-13-4-14-30-50)65(58(44-47)62(51-31-15-5-16-32-51)52-33-17-6-18-34-52)67-68-66-59(63(53-35-19-7-20-36-53)54-37-21-8-22-38-54)45-48(2)46-60(66)64(55-39-23-9-24-40-55)56-41-25-10-26-42-56/h3-46,61-64H,1-2H3. The molecule has 10 aromatic carbocycles. The predicted octanol–water partition coefficient (Wildman–Crippen LogP) is 16.8. The Labute approximate surface area is 406 Å². The van der Waals surface area contributed by atoms with E-state index >= 15 is 0 Å². The van der Waals surface area contributed by atoms with Gasteiger partial charge < -0.3 is 0 Å². The van der Waals surface area contributed by atoms with E-state index in [9.17, 15) is 0 Å². The normalized spacial score (nSPS) is 11.6. The average Bonchev–Trinajstić information content (AvgIpc) is 3.39. The monoisotopic (exact) mass is 908 g/mol. The molecule has 0 N–H and O–H groups in total. The first-order valence-electron chi connectivity index (χ1n) is 23.7. The van der Waals surface area contributed by atoms with E-state index in [1.807, 2.05) is 0 Å². The summed E-state index contributed by atoms with van der Waals surface area (Å²) >= 11 is 0. The van der Waals surface area contributed by atoms with Gasteiger partial charge in [-0.3, -0.25) is 0 Å². The predicted molar refractivity (Wildman–Crippen MR) is 291 cm³/mol. The van der Waals surface area contributed by atoms with Crippen molar-refractivity contribution >= 4 is 26.3 Å². The van der Waals surface area contributed by atoms with Gasteiger partial charge in [0.25, 0.3) is 0 Å². The van der Waals surface area contributed by atoms with Crippen LogP contribution in [-0.2, 0) is 0 Å². The van der Waals surface area contributed by atoms with Crippen LogP contribution in [0.2, 0.25) is 0 Å². The van der Waals surface area contributed by atoms with Gasteiger partial charge in [0.2, 0.25) is 0 Å². The molecule has 0 bridgehead atoms. The van der Waals surface area contributed by atoms with E-state index in [-0.39, 0.29) is 23.7 Å². The fourth-order valence-electron chi connectivity index (χ4n) is 10.3. The molecule has 0 saturated heterocycles. The lowest BCUT2D eigenvalue weighted by molar-refractivity contribution is 0.950. The van der Waals surface area contributed by atoms with Crippen molar-refractivity contribution in [3.05, 3.63) is 345 Å². The molecule has 10 rings (SSSR count). The number of hydrogen-bond acceptors (Lipinski definition) is 0. The van der Waals surface area contributed by atoms with Gasteiger partial charge in [-0.2, -0.15) is 0 Å². The highest BCUT2D eigenvalue weighted by molar-refractivity contribution is 7.91. The van der Waals surface area contributed by atoms with Gasteiger partial charge in [-0.1, -0.05) is 278 Å². The van der Waals surface area contributed by atoms with Crippen LogP contribution in [0.25, 0.3) is 0 Å². The minimum atomic E-state index is 0.0145. The topological polar surface area (TPSA) is 0 Å². The summed E-state index contributed by atoms with van der Waals surface area (Å²) in [5, 5.41) is 2.74. The van der Waals surface area contributed by atoms with Crippen LogP contribution in [0.15, 0.2) is 267 Å². The molecule has 0 amide bonds. The molecule has 0 aliphatic rings. The lowest BCUT2D eigenvalue weighted by atomic mass is 9.79. The number of aryl methyl sites for hydroxylation is 2. The Hall–Kier alpha value is -7.20. The first kappa shape index (κ1) is 44.6. The van der Waals surface area contributed by atoms with Crippen LogP contribution in [0.4, 0.5) is 0 Å². The molecule has 0 aliphatic carbocycles. The molecule has 10 aromatic rings. The van der Waals surface area contributed by atoms with E-state index in [0.717, 1.165) is 0 Å². The molecule has 2 heteroatoms. The molecule has 328 valence electrons. The van der Waals surface area contributed by atoms with Gasteiger partial charge in [-0.25, -0.2) is 0 Å². The average molecular weight is 909 g/mol. The molecule has 0 spiro atoms. The first-order valence-corrected chi connectivity index (χ1v) is 26.2. The van der Waals surface area contributed by atoms with Crippen molar-refractivity contribution in [3.63, 3.8) is 0 Å². The van der Waals surface area contributed by atoms with Crippen molar-refractivity contribution in [1.82, 2.24) is 0 Å². The summed E-state index contributed by atoms with van der Waals surface area (Å²) in [6, 6.07) is 99.2. The molecule has 0 radical (unpaired) electrons. The van der Waals surface area contributed by atoms with Crippen LogP contribution in [0, 0.1) is 13.8 Å². The van der Waals surface area contributed by atoms with E-state index in [1.54, 1.807) is 0 Å². The molecular formula is C66H54P2. The Morgan fingerprint density at radius 2 is 0.368 bits per heavy atom. The van der Waals surface area contributed by atoms with Gasteiger partial charge in [0, 0.05) is 34.3 Å². The van der Waals surface area contributed by atoms with Crippen LogP contribution in [0.1, 0.15) is 102 Å². The van der Waals surface area contributed by atoms with Crippen LogP contribution < -0.4 is 10.6 Å². The molecule has 0 heterocycles. The number of benzene rings is 10. The second-order valence-corrected chi connectivity index (χ2v) is 20.3. The molecule has 0 aliphatic heterocycles. The lowest BCUT2D eigenvalue weighted by Gasteiger charge is -2.28. The van der Waals surface area contributed by atoms with Crippen molar-refractivity contribution in [1.29, 1.82) is 0 Å². The van der Waals surface area contributed by atoms with Gasteiger partial charge in [-0.15, -0.1) is 0 Å².